The van der Waals surface area contributed by atoms with Crippen molar-refractivity contribution in [2.24, 2.45) is 23.7 Å². The molecule has 0 fully saturated rings. The third-order valence-electron chi connectivity index (χ3n) is 8.82. The van der Waals surface area contributed by atoms with Crippen LogP contribution in [0.15, 0.2) is 12.2 Å². The number of hydrogen-bond donors (Lipinski definition) is 1. The van der Waals surface area contributed by atoms with E-state index in [1.807, 2.05) is 0 Å². The van der Waals surface area contributed by atoms with E-state index in [1.54, 1.807) is 0 Å². The maximum atomic E-state index is 10.7. The minimum Gasteiger partial charge on any atom is -0.481 e. The topological polar surface area (TPSA) is 54.4 Å². The first-order chi connectivity index (χ1) is 18.1. The molecule has 1 N–H and O–H groups in total. The van der Waals surface area contributed by atoms with E-state index in [0.717, 1.165) is 55.6 Å². The summed E-state index contributed by atoms with van der Waals surface area (Å²) in [6.07, 6.45) is 35.7. The molecule has 0 radical (unpaired) electrons. The molecule has 0 saturated carbocycles. The molecule has 0 aromatic heterocycles. The van der Waals surface area contributed by atoms with Crippen molar-refractivity contribution < 1.29 is 14.7 Å². The first kappa shape index (κ1) is 33.9. The first-order valence-electron chi connectivity index (χ1n) is 16.5. The molecule has 1 aliphatic carbocycles. The lowest BCUT2D eigenvalue weighted by Gasteiger charge is -2.41. The monoisotopic (exact) mass is 518 g/mol. The lowest BCUT2D eigenvalue weighted by atomic mass is 9.64. The highest BCUT2D eigenvalue weighted by molar-refractivity contribution is 5.66. The first-order valence-corrected chi connectivity index (χ1v) is 16.5. The van der Waals surface area contributed by atoms with Crippen LogP contribution >= 0.6 is 0 Å². The van der Waals surface area contributed by atoms with Gasteiger partial charge in [-0.1, -0.05) is 129 Å². The van der Waals surface area contributed by atoms with Crippen LogP contribution in [0, 0.1) is 23.7 Å². The van der Waals surface area contributed by atoms with Gasteiger partial charge in [-0.05, 0) is 62.2 Å². The third kappa shape index (κ3) is 17.2. The molecule has 0 aliphatic heterocycles. The maximum absolute atomic E-state index is 10.7. The van der Waals surface area contributed by atoms with E-state index in [-0.39, 0.29) is 0 Å². The standard InChI is InChI=1S/C34H62O3/c1-3-5-16-22-30-27-28-31(23-18-12-8-7-11-15-21-29-35)32(24-17-6-4-2)33(30)25-19-13-9-10-14-20-26-34(36)37/h27-33H,3-26H2,1-2H3,(H,36,37). The molecule has 216 valence electrons. The molecule has 3 heteroatoms. The molecular formula is C34H62O3. The van der Waals surface area contributed by atoms with E-state index in [1.165, 1.54) is 122 Å². The summed E-state index contributed by atoms with van der Waals surface area (Å²) in [6.45, 7) is 4.64. The number of aliphatic carboxylic acids is 1. The Hall–Kier alpha value is -1.12. The van der Waals surface area contributed by atoms with E-state index in [4.69, 9.17) is 5.11 Å². The Bertz CT molecular complexity index is 569. The van der Waals surface area contributed by atoms with Crippen molar-refractivity contribution in [3.8, 4) is 0 Å². The van der Waals surface area contributed by atoms with Crippen LogP contribution in [0.25, 0.3) is 0 Å². The highest BCUT2D eigenvalue weighted by atomic mass is 16.4. The smallest absolute Gasteiger partial charge is 0.303 e. The highest BCUT2D eigenvalue weighted by Gasteiger charge is 2.34. The van der Waals surface area contributed by atoms with Gasteiger partial charge in [-0.3, -0.25) is 4.79 Å². The van der Waals surface area contributed by atoms with E-state index in [0.29, 0.717) is 6.42 Å². The lowest BCUT2D eigenvalue weighted by Crippen LogP contribution is -2.32. The molecule has 0 aromatic rings. The van der Waals surface area contributed by atoms with Crippen molar-refractivity contribution in [2.75, 3.05) is 0 Å². The number of aldehydes is 1. The molecule has 1 aliphatic rings. The van der Waals surface area contributed by atoms with Gasteiger partial charge in [-0.2, -0.15) is 0 Å². The molecule has 0 bridgehead atoms. The van der Waals surface area contributed by atoms with Crippen LogP contribution in [-0.4, -0.2) is 17.4 Å². The quantitative estimate of drug-likeness (QED) is 0.0703. The fraction of sp³-hybridized carbons (Fsp3) is 0.882. The van der Waals surface area contributed by atoms with Crippen molar-refractivity contribution in [3.05, 3.63) is 12.2 Å². The zero-order chi connectivity index (χ0) is 27.0. The fourth-order valence-corrected chi connectivity index (χ4v) is 6.62. The number of carbonyl (C=O) groups excluding carboxylic acids is 1. The molecule has 0 amide bonds. The van der Waals surface area contributed by atoms with Crippen LogP contribution in [0.3, 0.4) is 0 Å². The SMILES string of the molecule is CCCCCC1C=CC(CCCCCCCCC=O)C(CCCCC)C1CCCCCCCCC(=O)O. The van der Waals surface area contributed by atoms with Gasteiger partial charge in [0.05, 0.1) is 0 Å². The molecule has 3 nitrogen and oxygen atoms in total. The average molecular weight is 519 g/mol. The molecule has 0 aromatic carbocycles. The second-order valence-corrected chi connectivity index (χ2v) is 12.0. The highest BCUT2D eigenvalue weighted by Crippen LogP contribution is 2.44. The normalized spacial score (nSPS) is 21.4. The van der Waals surface area contributed by atoms with Crippen molar-refractivity contribution in [1.29, 1.82) is 0 Å². The van der Waals surface area contributed by atoms with Crippen LogP contribution in [0.4, 0.5) is 0 Å². The Morgan fingerprint density at radius 3 is 1.49 bits per heavy atom. The van der Waals surface area contributed by atoms with Crippen LogP contribution < -0.4 is 0 Å². The molecule has 0 heterocycles. The summed E-state index contributed by atoms with van der Waals surface area (Å²) in [5.74, 6) is 2.63. The molecule has 0 saturated heterocycles. The van der Waals surface area contributed by atoms with Gasteiger partial charge in [0.1, 0.15) is 6.29 Å². The minimum absolute atomic E-state index is 0.328. The summed E-state index contributed by atoms with van der Waals surface area (Å²) in [6, 6.07) is 0. The Labute approximate surface area is 230 Å². The largest absolute Gasteiger partial charge is 0.481 e. The van der Waals surface area contributed by atoms with Gasteiger partial charge in [0.25, 0.3) is 0 Å². The van der Waals surface area contributed by atoms with Crippen molar-refractivity contribution >= 4 is 12.3 Å². The number of carboxylic acids is 1. The number of hydrogen-bond acceptors (Lipinski definition) is 2. The summed E-state index contributed by atoms with van der Waals surface area (Å²) in [7, 11) is 0. The molecule has 4 unspecified atom stereocenters. The Kier molecular flexibility index (Phi) is 22.0. The Balaban J connectivity index is 2.62. The third-order valence-corrected chi connectivity index (χ3v) is 8.82. The van der Waals surface area contributed by atoms with Crippen LogP contribution in [0.5, 0.6) is 0 Å². The fourth-order valence-electron chi connectivity index (χ4n) is 6.62. The summed E-state index contributed by atoms with van der Waals surface area (Å²) >= 11 is 0. The number of unbranched alkanes of at least 4 members (excludes halogenated alkanes) is 15. The molecule has 1 rings (SSSR count). The van der Waals surface area contributed by atoms with Gasteiger partial charge >= 0.3 is 5.97 Å². The van der Waals surface area contributed by atoms with Crippen LogP contribution in [0.1, 0.15) is 168 Å². The predicted octanol–water partition coefficient (Wildman–Crippen LogP) is 10.7. The summed E-state index contributed by atoms with van der Waals surface area (Å²) < 4.78 is 0. The van der Waals surface area contributed by atoms with Gasteiger partial charge in [0, 0.05) is 12.8 Å². The second-order valence-electron chi connectivity index (χ2n) is 12.0. The maximum Gasteiger partial charge on any atom is 0.303 e. The molecule has 37 heavy (non-hydrogen) atoms. The van der Waals surface area contributed by atoms with E-state index >= 15 is 0 Å². The van der Waals surface area contributed by atoms with E-state index in [2.05, 4.69) is 26.0 Å². The van der Waals surface area contributed by atoms with Gasteiger partial charge in [0.15, 0.2) is 0 Å². The number of carbonyl (C=O) groups is 2. The summed E-state index contributed by atoms with van der Waals surface area (Å²) in [5, 5.41) is 8.83. The molecular weight excluding hydrogens is 456 g/mol. The van der Waals surface area contributed by atoms with Crippen LogP contribution in [-0.2, 0) is 9.59 Å². The summed E-state index contributed by atoms with van der Waals surface area (Å²) in [5.41, 5.74) is 0. The van der Waals surface area contributed by atoms with Gasteiger partial charge in [-0.25, -0.2) is 0 Å². The zero-order valence-electron chi connectivity index (χ0n) is 24.8. The summed E-state index contributed by atoms with van der Waals surface area (Å²) in [4.78, 5) is 21.2. The second kappa shape index (κ2) is 24.0. The minimum atomic E-state index is -0.655. The molecule has 4 atom stereocenters. The number of rotatable bonds is 26. The van der Waals surface area contributed by atoms with Crippen molar-refractivity contribution in [2.45, 2.75) is 168 Å². The van der Waals surface area contributed by atoms with Crippen LogP contribution in [0.2, 0.25) is 0 Å². The van der Waals surface area contributed by atoms with E-state index in [9.17, 15) is 9.59 Å². The van der Waals surface area contributed by atoms with E-state index < -0.39 is 5.97 Å². The van der Waals surface area contributed by atoms with Gasteiger partial charge < -0.3 is 9.90 Å². The van der Waals surface area contributed by atoms with Crippen molar-refractivity contribution in [3.63, 3.8) is 0 Å². The zero-order valence-corrected chi connectivity index (χ0v) is 24.8. The Morgan fingerprint density at radius 1 is 0.595 bits per heavy atom. The average Bonchev–Trinajstić information content (AvgIpc) is 2.89. The Morgan fingerprint density at radius 2 is 1.00 bits per heavy atom. The molecule has 0 spiro atoms. The van der Waals surface area contributed by atoms with Crippen molar-refractivity contribution in [1.82, 2.24) is 0 Å². The van der Waals surface area contributed by atoms with Gasteiger partial charge in [-0.15, -0.1) is 0 Å². The number of allylic oxidation sites excluding steroid dienone is 2. The number of carboxylic acid groups (broad SMARTS) is 1. The predicted molar refractivity (Wildman–Crippen MR) is 159 cm³/mol. The van der Waals surface area contributed by atoms with Gasteiger partial charge in [0.2, 0.25) is 0 Å². The lowest BCUT2D eigenvalue weighted by molar-refractivity contribution is -0.137.